The summed E-state index contributed by atoms with van der Waals surface area (Å²) in [5.41, 5.74) is 0.790. The highest BCUT2D eigenvalue weighted by Crippen LogP contribution is 2.16. The van der Waals surface area contributed by atoms with Gasteiger partial charge in [-0.15, -0.1) is 0 Å². The van der Waals surface area contributed by atoms with E-state index in [9.17, 15) is 13.2 Å². The summed E-state index contributed by atoms with van der Waals surface area (Å²) in [5.74, 6) is -0.477. The highest BCUT2D eigenvalue weighted by molar-refractivity contribution is 7.92. The van der Waals surface area contributed by atoms with E-state index in [4.69, 9.17) is 4.74 Å². The molecule has 0 radical (unpaired) electrons. The molecule has 0 aliphatic rings. The van der Waals surface area contributed by atoms with Crippen LogP contribution in [0.4, 0.5) is 5.69 Å². The molecule has 2 aromatic carbocycles. The van der Waals surface area contributed by atoms with Gasteiger partial charge in [0.15, 0.2) is 0 Å². The maximum Gasteiger partial charge on any atom is 0.338 e. The number of hydrogen-bond donors (Lipinski definition) is 1. The average Bonchev–Trinajstić information content (AvgIpc) is 2.47. The van der Waals surface area contributed by atoms with E-state index in [0.29, 0.717) is 11.3 Å². The summed E-state index contributed by atoms with van der Waals surface area (Å²) >= 11 is 0. The molecule has 0 heterocycles. The second-order valence-electron chi connectivity index (χ2n) is 4.95. The normalized spacial score (nSPS) is 11.2. The monoisotopic (exact) mass is 319 g/mol. The SMILES string of the molecule is CC(C)OC(=O)c1ccc(S(=O)(=O)Nc2ccccc2)cc1. The van der Waals surface area contributed by atoms with Crippen LogP contribution in [-0.2, 0) is 14.8 Å². The maximum atomic E-state index is 12.2. The van der Waals surface area contributed by atoms with E-state index in [1.54, 1.807) is 44.2 Å². The predicted molar refractivity (Wildman–Crippen MR) is 84.2 cm³/mol. The number of benzene rings is 2. The van der Waals surface area contributed by atoms with E-state index in [1.165, 1.54) is 24.3 Å². The van der Waals surface area contributed by atoms with Gasteiger partial charge in [-0.2, -0.15) is 0 Å². The van der Waals surface area contributed by atoms with Crippen molar-refractivity contribution in [2.75, 3.05) is 4.72 Å². The first-order chi connectivity index (χ1) is 10.4. The van der Waals surface area contributed by atoms with Crippen LogP contribution in [0, 0.1) is 0 Å². The summed E-state index contributed by atoms with van der Waals surface area (Å²) in [6, 6.07) is 14.2. The summed E-state index contributed by atoms with van der Waals surface area (Å²) in [5, 5.41) is 0. The quantitative estimate of drug-likeness (QED) is 0.860. The molecule has 0 aliphatic carbocycles. The fourth-order valence-corrected chi connectivity index (χ4v) is 2.83. The molecular formula is C16H17NO4S. The first kappa shape index (κ1) is 16.0. The summed E-state index contributed by atoms with van der Waals surface area (Å²) in [7, 11) is -3.68. The third-order valence-corrected chi connectivity index (χ3v) is 4.17. The molecule has 5 nitrogen and oxygen atoms in total. The zero-order valence-electron chi connectivity index (χ0n) is 12.3. The highest BCUT2D eigenvalue weighted by Gasteiger charge is 2.16. The van der Waals surface area contributed by atoms with Gasteiger partial charge in [0.25, 0.3) is 10.0 Å². The zero-order valence-corrected chi connectivity index (χ0v) is 13.1. The second kappa shape index (κ2) is 6.62. The molecule has 0 unspecified atom stereocenters. The van der Waals surface area contributed by atoms with Crippen LogP contribution >= 0.6 is 0 Å². The predicted octanol–water partition coefficient (Wildman–Crippen LogP) is 3.05. The van der Waals surface area contributed by atoms with Gasteiger partial charge in [-0.25, -0.2) is 13.2 Å². The highest BCUT2D eigenvalue weighted by atomic mass is 32.2. The van der Waals surface area contributed by atoms with Gasteiger partial charge in [0, 0.05) is 5.69 Å². The van der Waals surface area contributed by atoms with Crippen LogP contribution in [0.15, 0.2) is 59.5 Å². The third kappa shape index (κ3) is 4.08. The molecule has 6 heteroatoms. The van der Waals surface area contributed by atoms with Crippen LogP contribution in [-0.4, -0.2) is 20.5 Å². The smallest absolute Gasteiger partial charge is 0.338 e. The number of para-hydroxylation sites is 1. The molecule has 0 aromatic heterocycles. The molecule has 0 saturated carbocycles. The Kier molecular flexibility index (Phi) is 4.82. The minimum absolute atomic E-state index is 0.0810. The van der Waals surface area contributed by atoms with Gasteiger partial charge >= 0.3 is 5.97 Å². The van der Waals surface area contributed by atoms with Crippen molar-refractivity contribution < 1.29 is 17.9 Å². The van der Waals surface area contributed by atoms with Crippen LogP contribution in [0.3, 0.4) is 0 Å². The number of carbonyl (C=O) groups is 1. The number of anilines is 1. The standard InChI is InChI=1S/C16H17NO4S/c1-12(2)21-16(18)13-8-10-15(11-9-13)22(19,20)17-14-6-4-3-5-7-14/h3-12,17H,1-2H3. The lowest BCUT2D eigenvalue weighted by Crippen LogP contribution is -2.14. The van der Waals surface area contributed by atoms with Crippen molar-refractivity contribution in [2.24, 2.45) is 0 Å². The molecule has 0 spiro atoms. The van der Waals surface area contributed by atoms with Gasteiger partial charge in [0.2, 0.25) is 0 Å². The molecule has 22 heavy (non-hydrogen) atoms. The largest absolute Gasteiger partial charge is 0.459 e. The summed E-state index contributed by atoms with van der Waals surface area (Å²) in [4.78, 5) is 11.8. The molecule has 0 fully saturated rings. The summed E-state index contributed by atoms with van der Waals surface area (Å²) in [6.07, 6.45) is -0.226. The van der Waals surface area contributed by atoms with Crippen LogP contribution in [0.25, 0.3) is 0 Å². The molecule has 0 amide bonds. The van der Waals surface area contributed by atoms with Crippen molar-refractivity contribution >= 4 is 21.7 Å². The van der Waals surface area contributed by atoms with Gasteiger partial charge in [-0.05, 0) is 50.2 Å². The number of ether oxygens (including phenoxy) is 1. The fraction of sp³-hybridized carbons (Fsp3) is 0.188. The molecule has 116 valence electrons. The number of carbonyl (C=O) groups excluding carboxylic acids is 1. The second-order valence-corrected chi connectivity index (χ2v) is 6.63. The van der Waals surface area contributed by atoms with E-state index in [2.05, 4.69) is 4.72 Å². The van der Waals surface area contributed by atoms with Gasteiger partial charge < -0.3 is 4.74 Å². The molecule has 0 aliphatic heterocycles. The Morgan fingerprint density at radius 1 is 1.00 bits per heavy atom. The Bertz CT molecular complexity index is 737. The lowest BCUT2D eigenvalue weighted by molar-refractivity contribution is 0.0378. The fourth-order valence-electron chi connectivity index (χ4n) is 1.77. The Labute approximate surface area is 130 Å². The Morgan fingerprint density at radius 2 is 1.59 bits per heavy atom. The summed E-state index contributed by atoms with van der Waals surface area (Å²) in [6.45, 7) is 3.50. The number of sulfonamides is 1. The van der Waals surface area contributed by atoms with Crippen molar-refractivity contribution in [1.82, 2.24) is 0 Å². The van der Waals surface area contributed by atoms with Gasteiger partial charge in [0.05, 0.1) is 16.6 Å². The lowest BCUT2D eigenvalue weighted by Gasteiger charge is -2.10. The van der Waals surface area contributed by atoms with Crippen LogP contribution in [0.2, 0.25) is 0 Å². The van der Waals surface area contributed by atoms with Crippen molar-refractivity contribution in [3.8, 4) is 0 Å². The third-order valence-electron chi connectivity index (χ3n) is 2.77. The molecular weight excluding hydrogens is 302 g/mol. The van der Waals surface area contributed by atoms with Crippen molar-refractivity contribution in [3.63, 3.8) is 0 Å². The van der Waals surface area contributed by atoms with E-state index >= 15 is 0 Å². The van der Waals surface area contributed by atoms with Crippen LogP contribution < -0.4 is 4.72 Å². The topological polar surface area (TPSA) is 72.5 Å². The Morgan fingerprint density at radius 3 is 2.14 bits per heavy atom. The van der Waals surface area contributed by atoms with E-state index in [-0.39, 0.29) is 11.0 Å². The van der Waals surface area contributed by atoms with E-state index < -0.39 is 16.0 Å². The number of nitrogens with one attached hydrogen (secondary N) is 1. The molecule has 2 rings (SSSR count). The van der Waals surface area contributed by atoms with Crippen LogP contribution in [0.1, 0.15) is 24.2 Å². The van der Waals surface area contributed by atoms with Crippen LogP contribution in [0.5, 0.6) is 0 Å². The Hall–Kier alpha value is -2.34. The van der Waals surface area contributed by atoms with Gasteiger partial charge in [-0.1, -0.05) is 18.2 Å². The summed E-state index contributed by atoms with van der Waals surface area (Å²) < 4.78 is 32.0. The lowest BCUT2D eigenvalue weighted by atomic mass is 10.2. The van der Waals surface area contributed by atoms with Gasteiger partial charge in [0.1, 0.15) is 0 Å². The number of hydrogen-bond acceptors (Lipinski definition) is 4. The van der Waals surface area contributed by atoms with Crippen molar-refractivity contribution in [3.05, 3.63) is 60.2 Å². The molecule has 0 bridgehead atoms. The Balaban J connectivity index is 2.17. The zero-order chi connectivity index (χ0) is 16.2. The molecule has 0 atom stereocenters. The number of rotatable bonds is 5. The van der Waals surface area contributed by atoms with Gasteiger partial charge in [-0.3, -0.25) is 4.72 Å². The van der Waals surface area contributed by atoms with Crippen molar-refractivity contribution in [1.29, 1.82) is 0 Å². The number of esters is 1. The minimum atomic E-state index is -3.68. The molecule has 1 N–H and O–H groups in total. The first-order valence-corrected chi connectivity index (χ1v) is 8.26. The molecule has 0 saturated heterocycles. The van der Waals surface area contributed by atoms with E-state index in [1.807, 2.05) is 0 Å². The minimum Gasteiger partial charge on any atom is -0.459 e. The van der Waals surface area contributed by atoms with E-state index in [0.717, 1.165) is 0 Å². The molecule has 2 aromatic rings. The van der Waals surface area contributed by atoms with Crippen molar-refractivity contribution in [2.45, 2.75) is 24.8 Å². The maximum absolute atomic E-state index is 12.2. The first-order valence-electron chi connectivity index (χ1n) is 6.77. The average molecular weight is 319 g/mol.